The SMILES string of the molecule is CC(=O)N[C@H]1C(O)OC(CO)(CC2SCCCS2)C2OC(C)(C)OC21. The number of aliphatic hydroxyl groups excluding tert-OH is 2. The lowest BCUT2D eigenvalue weighted by Gasteiger charge is -2.48. The number of aliphatic hydroxyl groups is 2. The number of carbonyl (C=O) groups excluding carboxylic acids is 1. The van der Waals surface area contributed by atoms with Gasteiger partial charge in [-0.3, -0.25) is 4.79 Å². The molecule has 3 heterocycles. The minimum atomic E-state index is -1.27. The zero-order valence-electron chi connectivity index (χ0n) is 14.8. The first-order valence-corrected chi connectivity index (χ1v) is 10.7. The number of rotatable bonds is 4. The summed E-state index contributed by atoms with van der Waals surface area (Å²) in [6, 6.07) is -0.740. The van der Waals surface area contributed by atoms with Crippen molar-refractivity contribution in [1.29, 1.82) is 0 Å². The number of nitrogens with one attached hydrogen (secondary N) is 1. The summed E-state index contributed by atoms with van der Waals surface area (Å²) in [6.07, 6.45) is -0.716. The number of ether oxygens (including phenoxy) is 3. The van der Waals surface area contributed by atoms with E-state index < -0.39 is 35.9 Å². The summed E-state index contributed by atoms with van der Waals surface area (Å²) in [5.41, 5.74) is -1.06. The summed E-state index contributed by atoms with van der Waals surface area (Å²) >= 11 is 3.68. The summed E-state index contributed by atoms with van der Waals surface area (Å²) in [6.45, 7) is 4.67. The maximum atomic E-state index is 11.5. The van der Waals surface area contributed by atoms with Crippen LogP contribution in [0, 0.1) is 0 Å². The number of fused-ring (bicyclic) bond motifs is 1. The lowest BCUT2D eigenvalue weighted by Crippen LogP contribution is -2.69. The molecule has 0 aliphatic carbocycles. The van der Waals surface area contributed by atoms with Crippen molar-refractivity contribution in [3.8, 4) is 0 Å². The first kappa shape index (κ1) is 19.7. The molecular formula is C16H27NO6S2. The van der Waals surface area contributed by atoms with E-state index in [0.29, 0.717) is 6.42 Å². The molecule has 0 spiro atoms. The second-order valence-corrected chi connectivity index (χ2v) is 10.1. The van der Waals surface area contributed by atoms with E-state index in [9.17, 15) is 15.0 Å². The molecule has 5 atom stereocenters. The van der Waals surface area contributed by atoms with E-state index >= 15 is 0 Å². The Morgan fingerprint density at radius 2 is 1.92 bits per heavy atom. The second kappa shape index (κ2) is 7.53. The molecule has 3 aliphatic rings. The summed E-state index contributed by atoms with van der Waals surface area (Å²) < 4.78 is 18.2. The molecule has 4 unspecified atom stereocenters. The molecule has 3 fully saturated rings. The normalized spacial score (nSPS) is 41.3. The molecule has 0 radical (unpaired) electrons. The van der Waals surface area contributed by atoms with Crippen molar-refractivity contribution in [1.82, 2.24) is 5.32 Å². The van der Waals surface area contributed by atoms with E-state index in [1.54, 1.807) is 13.8 Å². The van der Waals surface area contributed by atoms with Crippen LogP contribution in [0.25, 0.3) is 0 Å². The van der Waals surface area contributed by atoms with Crippen LogP contribution >= 0.6 is 23.5 Å². The van der Waals surface area contributed by atoms with E-state index in [1.165, 1.54) is 13.3 Å². The van der Waals surface area contributed by atoms with Crippen LogP contribution in [0.2, 0.25) is 0 Å². The average molecular weight is 394 g/mol. The fourth-order valence-electron chi connectivity index (χ4n) is 3.68. The standard InChI is InChI=1S/C16H27NO6S2/c1-9(19)17-11-12-13(22-15(2,3)21-12)16(8-18,23-14(11)20)7-10-24-5-4-6-25-10/h10-14,18,20H,4-8H2,1-3H3,(H,17,19)/t11-,12?,13?,14?,16?/m1/s1. The van der Waals surface area contributed by atoms with Gasteiger partial charge in [-0.05, 0) is 31.8 Å². The zero-order chi connectivity index (χ0) is 18.2. The predicted octanol–water partition coefficient (Wildman–Crippen LogP) is 0.677. The van der Waals surface area contributed by atoms with Crippen LogP contribution in [-0.4, -0.2) is 74.7 Å². The monoisotopic (exact) mass is 393 g/mol. The highest BCUT2D eigenvalue weighted by Crippen LogP contribution is 2.47. The highest BCUT2D eigenvalue weighted by atomic mass is 32.2. The summed E-state index contributed by atoms with van der Waals surface area (Å²) in [4.78, 5) is 11.5. The fourth-order valence-corrected chi connectivity index (χ4v) is 6.78. The van der Waals surface area contributed by atoms with Crippen LogP contribution in [0.15, 0.2) is 0 Å². The lowest BCUT2D eigenvalue weighted by atomic mass is 9.84. The topological polar surface area (TPSA) is 97.3 Å². The third kappa shape index (κ3) is 4.12. The molecular weight excluding hydrogens is 366 g/mol. The van der Waals surface area contributed by atoms with Crippen LogP contribution in [0.4, 0.5) is 0 Å². The molecule has 3 aliphatic heterocycles. The Morgan fingerprint density at radius 3 is 2.52 bits per heavy atom. The average Bonchev–Trinajstić information content (AvgIpc) is 2.88. The number of carbonyl (C=O) groups is 1. The molecule has 0 aromatic carbocycles. The van der Waals surface area contributed by atoms with E-state index in [4.69, 9.17) is 14.2 Å². The van der Waals surface area contributed by atoms with Crippen LogP contribution in [0.3, 0.4) is 0 Å². The van der Waals surface area contributed by atoms with E-state index in [2.05, 4.69) is 5.32 Å². The Kier molecular flexibility index (Phi) is 5.94. The van der Waals surface area contributed by atoms with Gasteiger partial charge in [0.1, 0.15) is 23.9 Å². The van der Waals surface area contributed by atoms with Crippen molar-refractivity contribution in [3.63, 3.8) is 0 Å². The Bertz CT molecular complexity index is 501. The van der Waals surface area contributed by atoms with Crippen molar-refractivity contribution in [2.75, 3.05) is 18.1 Å². The lowest BCUT2D eigenvalue weighted by molar-refractivity contribution is -0.283. The first-order valence-electron chi connectivity index (χ1n) is 8.59. The summed E-state index contributed by atoms with van der Waals surface area (Å²) in [5, 5.41) is 23.4. The maximum Gasteiger partial charge on any atom is 0.217 e. The van der Waals surface area contributed by atoms with Crippen molar-refractivity contribution < 1.29 is 29.2 Å². The summed E-state index contributed by atoms with van der Waals surface area (Å²) in [7, 11) is 0. The van der Waals surface area contributed by atoms with Gasteiger partial charge >= 0.3 is 0 Å². The molecule has 25 heavy (non-hydrogen) atoms. The molecule has 9 heteroatoms. The molecule has 0 aromatic rings. The quantitative estimate of drug-likeness (QED) is 0.642. The van der Waals surface area contributed by atoms with Gasteiger partial charge in [-0.15, -0.1) is 23.5 Å². The maximum absolute atomic E-state index is 11.5. The van der Waals surface area contributed by atoms with Gasteiger partial charge in [0.25, 0.3) is 0 Å². The van der Waals surface area contributed by atoms with E-state index in [1.807, 2.05) is 23.5 Å². The largest absolute Gasteiger partial charge is 0.393 e. The molecule has 3 rings (SSSR count). The second-order valence-electron chi connectivity index (χ2n) is 7.21. The molecule has 0 aromatic heterocycles. The van der Waals surface area contributed by atoms with Crippen LogP contribution in [0.1, 0.15) is 33.6 Å². The van der Waals surface area contributed by atoms with Crippen molar-refractivity contribution in [2.45, 2.75) is 74.1 Å². The molecule has 3 saturated heterocycles. The molecule has 1 amide bonds. The molecule has 3 N–H and O–H groups in total. The van der Waals surface area contributed by atoms with Crippen LogP contribution in [-0.2, 0) is 19.0 Å². The molecule has 7 nitrogen and oxygen atoms in total. The van der Waals surface area contributed by atoms with Crippen molar-refractivity contribution >= 4 is 29.4 Å². The van der Waals surface area contributed by atoms with Gasteiger partial charge in [-0.25, -0.2) is 0 Å². The third-order valence-corrected chi connectivity index (χ3v) is 7.65. The van der Waals surface area contributed by atoms with Gasteiger partial charge in [0.15, 0.2) is 12.1 Å². The van der Waals surface area contributed by atoms with E-state index in [-0.39, 0.29) is 17.1 Å². The van der Waals surface area contributed by atoms with Gasteiger partial charge in [0.05, 0.1) is 11.2 Å². The first-order chi connectivity index (χ1) is 11.8. The molecule has 144 valence electrons. The van der Waals surface area contributed by atoms with Gasteiger partial charge in [0.2, 0.25) is 5.91 Å². The number of amides is 1. The Labute approximate surface area is 156 Å². The summed E-state index contributed by atoms with van der Waals surface area (Å²) in [5.74, 6) is 0.988. The minimum absolute atomic E-state index is 0.262. The predicted molar refractivity (Wildman–Crippen MR) is 96.3 cm³/mol. The zero-order valence-corrected chi connectivity index (χ0v) is 16.4. The Hall–Kier alpha value is -0.0300. The van der Waals surface area contributed by atoms with Crippen LogP contribution in [0.5, 0.6) is 0 Å². The number of hydrogen-bond donors (Lipinski definition) is 3. The van der Waals surface area contributed by atoms with Gasteiger partial charge < -0.3 is 29.7 Å². The number of hydrogen-bond acceptors (Lipinski definition) is 8. The van der Waals surface area contributed by atoms with Gasteiger partial charge in [-0.2, -0.15) is 0 Å². The smallest absolute Gasteiger partial charge is 0.217 e. The number of thioether (sulfide) groups is 2. The Morgan fingerprint density at radius 1 is 1.24 bits per heavy atom. The fraction of sp³-hybridized carbons (Fsp3) is 0.938. The van der Waals surface area contributed by atoms with Gasteiger partial charge in [-0.1, -0.05) is 0 Å². The Balaban J connectivity index is 1.86. The third-order valence-electron chi connectivity index (χ3n) is 4.71. The van der Waals surface area contributed by atoms with Crippen molar-refractivity contribution in [2.24, 2.45) is 0 Å². The minimum Gasteiger partial charge on any atom is -0.393 e. The highest BCUT2D eigenvalue weighted by molar-refractivity contribution is 8.17. The molecule has 0 saturated carbocycles. The van der Waals surface area contributed by atoms with Crippen LogP contribution < -0.4 is 5.32 Å². The van der Waals surface area contributed by atoms with E-state index in [0.717, 1.165) is 11.5 Å². The van der Waals surface area contributed by atoms with Gasteiger partial charge in [0, 0.05) is 13.3 Å². The van der Waals surface area contributed by atoms with Crippen molar-refractivity contribution in [3.05, 3.63) is 0 Å². The highest BCUT2D eigenvalue weighted by Gasteiger charge is 2.62. The molecule has 0 bridgehead atoms.